The van der Waals surface area contributed by atoms with Crippen molar-refractivity contribution in [2.75, 3.05) is 0 Å². The Morgan fingerprint density at radius 1 is 1.16 bits per heavy atom. The molecule has 0 unspecified atom stereocenters. The molecule has 96 valence electrons. The molecule has 0 bridgehead atoms. The van der Waals surface area contributed by atoms with Crippen LogP contribution in [0.1, 0.15) is 0 Å². The van der Waals surface area contributed by atoms with Gasteiger partial charge in [0.2, 0.25) is 0 Å². The summed E-state index contributed by atoms with van der Waals surface area (Å²) in [5.74, 6) is 0.190. The third-order valence-corrected chi connectivity index (χ3v) is 3.72. The number of phenolic OH excluding ortho intramolecular Hbond substituents is 1. The minimum Gasteiger partial charge on any atom is -0.506 e. The number of aromatic hydroxyl groups is 1. The standard InChI is InChI=1S/C12H6Cl3N3O/c13-5-4-6(14)10(19)8(9(5)15)12-17-7-2-1-3-16-11(7)18-12/h1-4,19H,(H,16,17,18). The summed E-state index contributed by atoms with van der Waals surface area (Å²) >= 11 is 17.9. The van der Waals surface area contributed by atoms with Gasteiger partial charge in [0.05, 0.1) is 26.1 Å². The first kappa shape index (κ1) is 12.5. The summed E-state index contributed by atoms with van der Waals surface area (Å²) in [5, 5.41) is 10.6. The summed E-state index contributed by atoms with van der Waals surface area (Å²) in [6.07, 6.45) is 1.62. The van der Waals surface area contributed by atoms with Crippen molar-refractivity contribution >= 4 is 46.0 Å². The lowest BCUT2D eigenvalue weighted by Crippen LogP contribution is -1.86. The van der Waals surface area contributed by atoms with Gasteiger partial charge in [0.15, 0.2) is 5.65 Å². The van der Waals surface area contributed by atoms with E-state index in [1.54, 1.807) is 12.3 Å². The van der Waals surface area contributed by atoms with Gasteiger partial charge in [0.1, 0.15) is 11.6 Å². The van der Waals surface area contributed by atoms with Gasteiger partial charge in [-0.2, -0.15) is 0 Å². The van der Waals surface area contributed by atoms with E-state index in [-0.39, 0.29) is 26.4 Å². The number of aromatic nitrogens is 3. The first-order valence-corrected chi connectivity index (χ1v) is 6.39. The fraction of sp³-hybridized carbons (Fsp3) is 0. The van der Waals surface area contributed by atoms with Gasteiger partial charge < -0.3 is 10.1 Å². The molecule has 0 atom stereocenters. The molecule has 0 fully saturated rings. The number of fused-ring (bicyclic) bond motifs is 1. The van der Waals surface area contributed by atoms with Crippen LogP contribution in [0, 0.1) is 0 Å². The van der Waals surface area contributed by atoms with Crippen LogP contribution in [-0.2, 0) is 0 Å². The second-order valence-electron chi connectivity index (χ2n) is 3.84. The molecule has 0 spiro atoms. The maximum Gasteiger partial charge on any atom is 0.178 e. The Bertz CT molecular complexity index is 726. The van der Waals surface area contributed by atoms with E-state index in [1.807, 2.05) is 6.07 Å². The molecule has 0 amide bonds. The highest BCUT2D eigenvalue weighted by molar-refractivity contribution is 6.45. The lowest BCUT2D eigenvalue weighted by atomic mass is 10.2. The lowest BCUT2D eigenvalue weighted by Gasteiger charge is -2.07. The van der Waals surface area contributed by atoms with E-state index >= 15 is 0 Å². The number of halogens is 3. The van der Waals surface area contributed by atoms with E-state index in [4.69, 9.17) is 34.8 Å². The van der Waals surface area contributed by atoms with Crippen LogP contribution in [0.4, 0.5) is 0 Å². The molecule has 0 saturated carbocycles. The highest BCUT2D eigenvalue weighted by Crippen LogP contribution is 2.43. The number of nitrogens with zero attached hydrogens (tertiary/aromatic N) is 2. The summed E-state index contributed by atoms with van der Waals surface area (Å²) in [5.41, 5.74) is 1.50. The SMILES string of the molecule is Oc1c(Cl)cc(Cl)c(Cl)c1-c1nc2ncccc2[nH]1. The average molecular weight is 315 g/mol. The number of phenols is 1. The molecule has 7 heteroatoms. The monoisotopic (exact) mass is 313 g/mol. The van der Waals surface area contributed by atoms with E-state index in [9.17, 15) is 5.11 Å². The summed E-state index contributed by atoms with van der Waals surface area (Å²) in [7, 11) is 0. The van der Waals surface area contributed by atoms with Crippen LogP contribution in [0.3, 0.4) is 0 Å². The van der Waals surface area contributed by atoms with E-state index in [1.165, 1.54) is 6.07 Å². The lowest BCUT2D eigenvalue weighted by molar-refractivity contribution is 0.477. The van der Waals surface area contributed by atoms with Gasteiger partial charge in [-0.1, -0.05) is 34.8 Å². The molecule has 0 aliphatic rings. The van der Waals surface area contributed by atoms with Gasteiger partial charge in [-0.25, -0.2) is 9.97 Å². The Labute approximate surface area is 123 Å². The van der Waals surface area contributed by atoms with Crippen molar-refractivity contribution < 1.29 is 5.11 Å². The van der Waals surface area contributed by atoms with Crippen molar-refractivity contribution in [1.82, 2.24) is 15.0 Å². The summed E-state index contributed by atoms with van der Waals surface area (Å²) in [4.78, 5) is 11.4. The van der Waals surface area contributed by atoms with Crippen LogP contribution < -0.4 is 0 Å². The summed E-state index contributed by atoms with van der Waals surface area (Å²) in [6, 6.07) is 4.97. The normalized spacial score (nSPS) is 11.1. The van der Waals surface area contributed by atoms with Crippen molar-refractivity contribution in [3.63, 3.8) is 0 Å². The fourth-order valence-corrected chi connectivity index (χ4v) is 2.46. The molecule has 4 nitrogen and oxygen atoms in total. The largest absolute Gasteiger partial charge is 0.506 e. The second kappa shape index (κ2) is 4.56. The quantitative estimate of drug-likeness (QED) is 0.659. The Morgan fingerprint density at radius 2 is 1.95 bits per heavy atom. The smallest absolute Gasteiger partial charge is 0.178 e. The van der Waals surface area contributed by atoms with Crippen LogP contribution >= 0.6 is 34.8 Å². The minimum atomic E-state index is -0.171. The van der Waals surface area contributed by atoms with Crippen molar-refractivity contribution in [2.24, 2.45) is 0 Å². The van der Waals surface area contributed by atoms with Crippen LogP contribution in [-0.4, -0.2) is 20.1 Å². The number of pyridine rings is 1. The molecule has 3 rings (SSSR count). The molecular weight excluding hydrogens is 309 g/mol. The molecule has 0 saturated heterocycles. The summed E-state index contributed by atoms with van der Waals surface area (Å²) < 4.78 is 0. The van der Waals surface area contributed by atoms with Crippen LogP contribution in [0.15, 0.2) is 24.4 Å². The zero-order valence-corrected chi connectivity index (χ0v) is 11.6. The molecule has 3 aromatic rings. The fourth-order valence-electron chi connectivity index (χ4n) is 1.77. The predicted molar refractivity (Wildman–Crippen MR) is 76.0 cm³/mol. The highest BCUT2D eigenvalue weighted by Gasteiger charge is 2.19. The van der Waals surface area contributed by atoms with Crippen molar-refractivity contribution in [2.45, 2.75) is 0 Å². The average Bonchev–Trinajstić information content (AvgIpc) is 2.80. The number of aromatic amines is 1. The molecule has 1 aromatic carbocycles. The van der Waals surface area contributed by atoms with E-state index in [0.717, 1.165) is 5.52 Å². The summed E-state index contributed by atoms with van der Waals surface area (Å²) in [6.45, 7) is 0. The Morgan fingerprint density at radius 3 is 2.68 bits per heavy atom. The third kappa shape index (κ3) is 2.02. The second-order valence-corrected chi connectivity index (χ2v) is 5.03. The molecule has 2 heterocycles. The van der Waals surface area contributed by atoms with Crippen molar-refractivity contribution in [1.29, 1.82) is 0 Å². The number of rotatable bonds is 1. The first-order chi connectivity index (χ1) is 9.08. The Balaban J connectivity index is 2.32. The first-order valence-electron chi connectivity index (χ1n) is 5.25. The van der Waals surface area contributed by atoms with Gasteiger partial charge in [-0.05, 0) is 18.2 Å². The predicted octanol–water partition coefficient (Wildman–Crippen LogP) is 4.29. The molecule has 0 radical (unpaired) electrons. The van der Waals surface area contributed by atoms with Gasteiger partial charge in [0.25, 0.3) is 0 Å². The maximum absolute atomic E-state index is 10.0. The number of hydrogen-bond acceptors (Lipinski definition) is 3. The molecule has 2 aromatic heterocycles. The van der Waals surface area contributed by atoms with Crippen LogP contribution in [0.25, 0.3) is 22.6 Å². The van der Waals surface area contributed by atoms with Gasteiger partial charge in [0, 0.05) is 6.20 Å². The van der Waals surface area contributed by atoms with E-state index in [2.05, 4.69) is 15.0 Å². The maximum atomic E-state index is 10.0. The zero-order valence-electron chi connectivity index (χ0n) is 9.28. The third-order valence-electron chi connectivity index (χ3n) is 2.64. The van der Waals surface area contributed by atoms with E-state index in [0.29, 0.717) is 11.5 Å². The molecular formula is C12H6Cl3N3O. The van der Waals surface area contributed by atoms with Crippen molar-refractivity contribution in [3.05, 3.63) is 39.5 Å². The molecule has 0 aliphatic carbocycles. The molecule has 19 heavy (non-hydrogen) atoms. The minimum absolute atomic E-state index is 0.109. The number of nitrogens with one attached hydrogen (secondary N) is 1. The molecule has 2 N–H and O–H groups in total. The zero-order chi connectivity index (χ0) is 13.6. The van der Waals surface area contributed by atoms with Gasteiger partial charge in [-0.3, -0.25) is 0 Å². The van der Waals surface area contributed by atoms with Crippen molar-refractivity contribution in [3.8, 4) is 17.1 Å². The number of imidazole rings is 1. The number of benzene rings is 1. The number of H-pyrrole nitrogens is 1. The topological polar surface area (TPSA) is 61.8 Å². The van der Waals surface area contributed by atoms with E-state index < -0.39 is 0 Å². The Kier molecular flexibility index (Phi) is 3.01. The number of hydrogen-bond donors (Lipinski definition) is 2. The Hall–Kier alpha value is -1.49. The van der Waals surface area contributed by atoms with Crippen LogP contribution in [0.2, 0.25) is 15.1 Å². The molecule has 0 aliphatic heterocycles. The van der Waals surface area contributed by atoms with Crippen LogP contribution in [0.5, 0.6) is 5.75 Å². The van der Waals surface area contributed by atoms with Gasteiger partial charge >= 0.3 is 0 Å². The highest BCUT2D eigenvalue weighted by atomic mass is 35.5. The van der Waals surface area contributed by atoms with Gasteiger partial charge in [-0.15, -0.1) is 0 Å².